The van der Waals surface area contributed by atoms with E-state index in [0.29, 0.717) is 19.6 Å². The number of unbranched alkanes of at least 4 members (excludes halogenated alkanes) is 2. The maximum absolute atomic E-state index is 11.1. The van der Waals surface area contributed by atoms with Crippen LogP contribution in [0.15, 0.2) is 0 Å². The number of esters is 1. The van der Waals surface area contributed by atoms with Crippen molar-refractivity contribution >= 4 is 5.97 Å². The molecule has 0 saturated carbocycles. The number of hydrogen-bond acceptors (Lipinski definition) is 3. The van der Waals surface area contributed by atoms with Gasteiger partial charge in [-0.15, -0.1) is 0 Å². The van der Waals surface area contributed by atoms with Crippen molar-refractivity contribution in [3.8, 4) is 0 Å². The van der Waals surface area contributed by atoms with Crippen LogP contribution in [-0.4, -0.2) is 25.8 Å². The van der Waals surface area contributed by atoms with Crippen molar-refractivity contribution in [2.45, 2.75) is 46.0 Å². The molecule has 3 nitrogen and oxygen atoms in total. The van der Waals surface area contributed by atoms with Gasteiger partial charge < -0.3 is 9.47 Å². The molecule has 0 saturated heterocycles. The van der Waals surface area contributed by atoms with Gasteiger partial charge in [-0.2, -0.15) is 0 Å². The zero-order chi connectivity index (χ0) is 10.6. The Morgan fingerprint density at radius 3 is 2.43 bits per heavy atom. The first-order valence-corrected chi connectivity index (χ1v) is 5.54. The molecule has 0 spiro atoms. The Kier molecular flexibility index (Phi) is 10.1. The molecule has 0 N–H and O–H groups in total. The van der Waals surface area contributed by atoms with E-state index >= 15 is 0 Å². The fourth-order valence-electron chi connectivity index (χ4n) is 1.01. The van der Waals surface area contributed by atoms with Crippen LogP contribution in [0.4, 0.5) is 0 Å². The van der Waals surface area contributed by atoms with Gasteiger partial charge in [-0.1, -0.05) is 26.7 Å². The smallest absolute Gasteiger partial charge is 0.308 e. The summed E-state index contributed by atoms with van der Waals surface area (Å²) in [6.45, 7) is 5.94. The molecule has 0 aliphatic heterocycles. The second-order valence-corrected chi connectivity index (χ2v) is 3.29. The Hall–Kier alpha value is -0.570. The lowest BCUT2D eigenvalue weighted by Gasteiger charge is -2.04. The number of carbonyl (C=O) groups is 1. The van der Waals surface area contributed by atoms with E-state index in [-0.39, 0.29) is 5.97 Å². The molecular weight excluding hydrogens is 180 g/mol. The number of carbonyl (C=O) groups excluding carboxylic acids is 1. The summed E-state index contributed by atoms with van der Waals surface area (Å²) < 4.78 is 10.2. The van der Waals surface area contributed by atoms with Crippen LogP contribution in [0.2, 0.25) is 0 Å². The zero-order valence-corrected chi connectivity index (χ0v) is 9.38. The van der Waals surface area contributed by atoms with Crippen LogP contribution >= 0.6 is 0 Å². The fraction of sp³-hybridized carbons (Fsp3) is 0.909. The average Bonchev–Trinajstić information content (AvgIpc) is 2.19. The Bertz CT molecular complexity index is 120. The van der Waals surface area contributed by atoms with Gasteiger partial charge in [-0.25, -0.2) is 0 Å². The van der Waals surface area contributed by atoms with Crippen LogP contribution in [0, 0.1) is 0 Å². The third-order valence-corrected chi connectivity index (χ3v) is 1.81. The molecule has 0 bridgehead atoms. The summed E-state index contributed by atoms with van der Waals surface area (Å²) in [7, 11) is 0. The van der Waals surface area contributed by atoms with E-state index in [0.717, 1.165) is 32.3 Å². The Morgan fingerprint density at radius 2 is 1.79 bits per heavy atom. The van der Waals surface area contributed by atoms with Crippen molar-refractivity contribution in [3.63, 3.8) is 0 Å². The van der Waals surface area contributed by atoms with Crippen molar-refractivity contribution in [2.24, 2.45) is 0 Å². The molecule has 0 aromatic carbocycles. The lowest BCUT2D eigenvalue weighted by atomic mass is 10.3. The second-order valence-electron chi connectivity index (χ2n) is 3.29. The van der Waals surface area contributed by atoms with Crippen LogP contribution < -0.4 is 0 Å². The molecule has 0 aromatic heterocycles. The number of hydrogen-bond donors (Lipinski definition) is 0. The van der Waals surface area contributed by atoms with E-state index < -0.39 is 0 Å². The SMILES string of the molecule is CCCCCOC(=O)CCOCCC. The van der Waals surface area contributed by atoms with Gasteiger partial charge in [0.15, 0.2) is 0 Å². The van der Waals surface area contributed by atoms with Crippen LogP contribution in [0.25, 0.3) is 0 Å². The van der Waals surface area contributed by atoms with Gasteiger partial charge >= 0.3 is 5.97 Å². The van der Waals surface area contributed by atoms with Crippen molar-refractivity contribution < 1.29 is 14.3 Å². The van der Waals surface area contributed by atoms with Gasteiger partial charge in [-0.3, -0.25) is 4.79 Å². The first kappa shape index (κ1) is 13.4. The minimum atomic E-state index is -0.141. The van der Waals surface area contributed by atoms with Crippen molar-refractivity contribution in [2.75, 3.05) is 19.8 Å². The lowest BCUT2D eigenvalue weighted by molar-refractivity contribution is -0.145. The molecule has 0 aromatic rings. The topological polar surface area (TPSA) is 35.5 Å². The molecule has 0 aliphatic carbocycles. The third-order valence-electron chi connectivity index (χ3n) is 1.81. The third kappa shape index (κ3) is 9.52. The van der Waals surface area contributed by atoms with E-state index in [4.69, 9.17) is 9.47 Å². The highest BCUT2D eigenvalue weighted by Gasteiger charge is 2.01. The Labute approximate surface area is 86.8 Å². The number of rotatable bonds is 9. The minimum absolute atomic E-state index is 0.141. The molecule has 84 valence electrons. The van der Waals surface area contributed by atoms with Crippen molar-refractivity contribution in [3.05, 3.63) is 0 Å². The highest BCUT2D eigenvalue weighted by Crippen LogP contribution is 1.96. The highest BCUT2D eigenvalue weighted by atomic mass is 16.5. The molecule has 0 radical (unpaired) electrons. The first-order chi connectivity index (χ1) is 6.81. The fourth-order valence-corrected chi connectivity index (χ4v) is 1.01. The molecule has 0 unspecified atom stereocenters. The summed E-state index contributed by atoms with van der Waals surface area (Å²) in [5, 5.41) is 0. The summed E-state index contributed by atoms with van der Waals surface area (Å²) in [4.78, 5) is 11.1. The predicted octanol–water partition coefficient (Wildman–Crippen LogP) is 2.54. The van der Waals surface area contributed by atoms with Crippen LogP contribution in [0.1, 0.15) is 46.0 Å². The zero-order valence-electron chi connectivity index (χ0n) is 9.38. The van der Waals surface area contributed by atoms with E-state index in [1.54, 1.807) is 0 Å². The van der Waals surface area contributed by atoms with Gasteiger partial charge in [0.2, 0.25) is 0 Å². The molecule has 0 fully saturated rings. The van der Waals surface area contributed by atoms with Crippen molar-refractivity contribution in [1.29, 1.82) is 0 Å². The van der Waals surface area contributed by atoms with E-state index in [9.17, 15) is 4.79 Å². The summed E-state index contributed by atoms with van der Waals surface area (Å²) >= 11 is 0. The van der Waals surface area contributed by atoms with Crippen LogP contribution in [0.3, 0.4) is 0 Å². The highest BCUT2D eigenvalue weighted by molar-refractivity contribution is 5.69. The van der Waals surface area contributed by atoms with Crippen LogP contribution in [0.5, 0.6) is 0 Å². The summed E-state index contributed by atoms with van der Waals surface area (Å²) in [5.74, 6) is -0.141. The molecular formula is C11H22O3. The lowest BCUT2D eigenvalue weighted by Crippen LogP contribution is -2.09. The van der Waals surface area contributed by atoms with Gasteiger partial charge in [-0.05, 0) is 12.8 Å². The Balaban J connectivity index is 3.11. The standard InChI is InChI=1S/C11H22O3/c1-3-5-6-9-14-11(12)7-10-13-8-4-2/h3-10H2,1-2H3. The quantitative estimate of drug-likeness (QED) is 0.426. The average molecular weight is 202 g/mol. The monoisotopic (exact) mass is 202 g/mol. The van der Waals surface area contributed by atoms with Gasteiger partial charge in [0, 0.05) is 6.61 Å². The minimum Gasteiger partial charge on any atom is -0.466 e. The molecule has 3 heteroatoms. The molecule has 0 atom stereocenters. The van der Waals surface area contributed by atoms with Gasteiger partial charge in [0.05, 0.1) is 19.6 Å². The summed E-state index contributed by atoms with van der Waals surface area (Å²) in [6.07, 6.45) is 4.62. The Morgan fingerprint density at radius 1 is 1.00 bits per heavy atom. The van der Waals surface area contributed by atoms with Crippen LogP contribution in [-0.2, 0) is 14.3 Å². The van der Waals surface area contributed by atoms with Gasteiger partial charge in [0.25, 0.3) is 0 Å². The summed E-state index contributed by atoms with van der Waals surface area (Å²) in [6, 6.07) is 0. The first-order valence-electron chi connectivity index (χ1n) is 5.54. The molecule has 0 amide bonds. The maximum Gasteiger partial charge on any atom is 0.308 e. The molecule has 0 aliphatic rings. The molecule has 14 heavy (non-hydrogen) atoms. The van der Waals surface area contributed by atoms with Gasteiger partial charge in [0.1, 0.15) is 0 Å². The van der Waals surface area contributed by atoms with E-state index in [1.165, 1.54) is 0 Å². The van der Waals surface area contributed by atoms with E-state index in [2.05, 4.69) is 6.92 Å². The molecule has 0 rings (SSSR count). The second kappa shape index (κ2) is 10.5. The maximum atomic E-state index is 11.1. The van der Waals surface area contributed by atoms with Crippen molar-refractivity contribution in [1.82, 2.24) is 0 Å². The normalized spacial score (nSPS) is 10.1. The number of ether oxygens (including phenoxy) is 2. The summed E-state index contributed by atoms with van der Waals surface area (Å²) in [5.41, 5.74) is 0. The largest absolute Gasteiger partial charge is 0.466 e. The predicted molar refractivity (Wildman–Crippen MR) is 56.2 cm³/mol. The molecule has 0 heterocycles. The van der Waals surface area contributed by atoms with E-state index in [1.807, 2.05) is 6.92 Å².